The van der Waals surface area contributed by atoms with Gasteiger partial charge in [0.2, 0.25) is 0 Å². The van der Waals surface area contributed by atoms with Crippen LogP contribution in [0.15, 0.2) is 72.9 Å². The number of aromatic nitrogens is 1. The fraction of sp³-hybridized carbons (Fsp3) is 0.217. The third-order valence-electron chi connectivity index (χ3n) is 5.05. The summed E-state index contributed by atoms with van der Waals surface area (Å²) < 4.78 is 0. The summed E-state index contributed by atoms with van der Waals surface area (Å²) >= 11 is 0. The number of aromatic amines is 1. The van der Waals surface area contributed by atoms with Crippen LogP contribution < -0.4 is 5.32 Å². The van der Waals surface area contributed by atoms with Crippen LogP contribution in [0.5, 0.6) is 0 Å². The lowest BCUT2D eigenvalue weighted by molar-refractivity contribution is 0.523. The van der Waals surface area contributed by atoms with Gasteiger partial charge < -0.3 is 10.3 Å². The maximum Gasteiger partial charge on any atom is 0.0454 e. The van der Waals surface area contributed by atoms with Crippen LogP contribution in [0.4, 0.5) is 0 Å². The summed E-state index contributed by atoms with van der Waals surface area (Å²) in [5, 5.41) is 7.72. The molecule has 2 nitrogen and oxygen atoms in total. The fourth-order valence-corrected chi connectivity index (χ4v) is 3.68. The molecule has 1 heterocycles. The normalized spacial score (nSPS) is 12.7. The Hall–Kier alpha value is -2.58. The van der Waals surface area contributed by atoms with Crippen LogP contribution in [0.2, 0.25) is 0 Å². The van der Waals surface area contributed by atoms with E-state index in [9.17, 15) is 0 Å². The first-order valence-electron chi connectivity index (χ1n) is 9.12. The summed E-state index contributed by atoms with van der Waals surface area (Å²) in [4.78, 5) is 3.26. The number of H-pyrrole nitrogens is 1. The maximum absolute atomic E-state index is 3.75. The first-order chi connectivity index (χ1) is 12.3. The quantitative estimate of drug-likeness (QED) is 0.473. The van der Waals surface area contributed by atoms with Gasteiger partial charge in [0.1, 0.15) is 0 Å². The smallest absolute Gasteiger partial charge is 0.0454 e. The van der Waals surface area contributed by atoms with Crippen LogP contribution in [0.25, 0.3) is 21.7 Å². The Kier molecular flexibility index (Phi) is 4.53. The average molecular weight is 328 g/mol. The van der Waals surface area contributed by atoms with E-state index in [2.05, 4.69) is 84.0 Å². The number of rotatable bonds is 6. The van der Waals surface area contributed by atoms with Gasteiger partial charge in [0.25, 0.3) is 0 Å². The van der Waals surface area contributed by atoms with Crippen LogP contribution in [0, 0.1) is 0 Å². The van der Waals surface area contributed by atoms with E-state index in [1.54, 1.807) is 0 Å². The van der Waals surface area contributed by atoms with Crippen LogP contribution in [-0.4, -0.2) is 11.5 Å². The molecule has 0 aliphatic carbocycles. The first kappa shape index (κ1) is 15.9. The van der Waals surface area contributed by atoms with Crippen molar-refractivity contribution >= 4 is 21.7 Å². The second-order valence-electron chi connectivity index (χ2n) is 6.63. The van der Waals surface area contributed by atoms with E-state index in [1.807, 2.05) is 6.20 Å². The van der Waals surface area contributed by atoms with Gasteiger partial charge in [-0.3, -0.25) is 0 Å². The molecule has 0 aliphatic rings. The Morgan fingerprint density at radius 1 is 0.920 bits per heavy atom. The molecule has 25 heavy (non-hydrogen) atoms. The van der Waals surface area contributed by atoms with Crippen molar-refractivity contribution in [3.8, 4) is 0 Å². The number of fused-ring (bicyclic) bond motifs is 2. The number of benzene rings is 3. The van der Waals surface area contributed by atoms with E-state index in [4.69, 9.17) is 0 Å². The van der Waals surface area contributed by atoms with Gasteiger partial charge in [0.05, 0.1) is 0 Å². The summed E-state index contributed by atoms with van der Waals surface area (Å²) in [6.07, 6.45) is 4.14. The average Bonchev–Trinajstić information content (AvgIpc) is 3.13. The lowest BCUT2D eigenvalue weighted by Crippen LogP contribution is -2.23. The summed E-state index contributed by atoms with van der Waals surface area (Å²) in [6, 6.07) is 24.5. The van der Waals surface area contributed by atoms with Crippen molar-refractivity contribution in [1.82, 2.24) is 10.3 Å². The SMILES string of the molecule is CC[C@@H](NCCc1cccc2ccccc12)c1ccc2[nH]ccc2c1. The molecule has 126 valence electrons. The first-order valence-corrected chi connectivity index (χ1v) is 9.12. The second kappa shape index (κ2) is 7.12. The van der Waals surface area contributed by atoms with Crippen molar-refractivity contribution < 1.29 is 0 Å². The van der Waals surface area contributed by atoms with Gasteiger partial charge in [-0.1, -0.05) is 55.5 Å². The number of hydrogen-bond acceptors (Lipinski definition) is 1. The topological polar surface area (TPSA) is 27.8 Å². The van der Waals surface area contributed by atoms with Crippen molar-refractivity contribution in [2.24, 2.45) is 0 Å². The lowest BCUT2D eigenvalue weighted by Gasteiger charge is -2.18. The monoisotopic (exact) mass is 328 g/mol. The van der Waals surface area contributed by atoms with Crippen LogP contribution in [0.1, 0.15) is 30.5 Å². The number of hydrogen-bond donors (Lipinski definition) is 2. The summed E-state index contributed by atoms with van der Waals surface area (Å²) in [7, 11) is 0. The lowest BCUT2D eigenvalue weighted by atomic mass is 10.0. The molecule has 4 aromatic rings. The van der Waals surface area contributed by atoms with E-state index in [0.717, 1.165) is 19.4 Å². The van der Waals surface area contributed by atoms with Crippen LogP contribution in [-0.2, 0) is 6.42 Å². The highest BCUT2D eigenvalue weighted by Crippen LogP contribution is 2.23. The van der Waals surface area contributed by atoms with Gasteiger partial charge in [0.15, 0.2) is 0 Å². The Labute approximate surface area is 148 Å². The molecule has 0 radical (unpaired) electrons. The van der Waals surface area contributed by atoms with Gasteiger partial charge in [-0.2, -0.15) is 0 Å². The molecule has 1 aromatic heterocycles. The van der Waals surface area contributed by atoms with Gasteiger partial charge in [-0.25, -0.2) is 0 Å². The van der Waals surface area contributed by atoms with Crippen molar-refractivity contribution in [3.05, 3.63) is 84.1 Å². The van der Waals surface area contributed by atoms with Gasteiger partial charge >= 0.3 is 0 Å². The minimum Gasteiger partial charge on any atom is -0.361 e. The maximum atomic E-state index is 3.75. The van der Waals surface area contributed by atoms with Crippen LogP contribution in [0.3, 0.4) is 0 Å². The fourth-order valence-electron chi connectivity index (χ4n) is 3.68. The largest absolute Gasteiger partial charge is 0.361 e. The molecule has 3 aromatic carbocycles. The summed E-state index contributed by atoms with van der Waals surface area (Å²) in [5.41, 5.74) is 3.99. The highest BCUT2D eigenvalue weighted by molar-refractivity contribution is 5.85. The third kappa shape index (κ3) is 3.31. The van der Waals surface area contributed by atoms with Crippen molar-refractivity contribution in [1.29, 1.82) is 0 Å². The highest BCUT2D eigenvalue weighted by atomic mass is 14.9. The molecule has 2 N–H and O–H groups in total. The highest BCUT2D eigenvalue weighted by Gasteiger charge is 2.10. The Bertz CT molecular complexity index is 978. The molecule has 0 spiro atoms. The van der Waals surface area contributed by atoms with E-state index in [-0.39, 0.29) is 0 Å². The predicted octanol–water partition coefficient (Wildman–Crippen LogP) is 5.60. The minimum atomic E-state index is 0.397. The van der Waals surface area contributed by atoms with Gasteiger partial charge in [-0.05, 0) is 64.9 Å². The predicted molar refractivity (Wildman–Crippen MR) is 107 cm³/mol. The molecule has 4 rings (SSSR count). The molecule has 0 amide bonds. The molecule has 1 atom stereocenters. The molecule has 0 saturated heterocycles. The third-order valence-corrected chi connectivity index (χ3v) is 5.05. The van der Waals surface area contributed by atoms with E-state index < -0.39 is 0 Å². The zero-order valence-corrected chi connectivity index (χ0v) is 14.6. The zero-order valence-electron chi connectivity index (χ0n) is 14.6. The molecular weight excluding hydrogens is 304 g/mol. The second-order valence-corrected chi connectivity index (χ2v) is 6.63. The van der Waals surface area contributed by atoms with Gasteiger partial charge in [0, 0.05) is 17.8 Å². The summed E-state index contributed by atoms with van der Waals surface area (Å²) in [6.45, 7) is 3.23. The van der Waals surface area contributed by atoms with Crippen molar-refractivity contribution in [3.63, 3.8) is 0 Å². The minimum absolute atomic E-state index is 0.397. The van der Waals surface area contributed by atoms with E-state index in [0.29, 0.717) is 6.04 Å². The molecule has 0 fully saturated rings. The van der Waals surface area contributed by atoms with Crippen molar-refractivity contribution in [2.45, 2.75) is 25.8 Å². The number of nitrogens with one attached hydrogen (secondary N) is 2. The van der Waals surface area contributed by atoms with Crippen LogP contribution >= 0.6 is 0 Å². The van der Waals surface area contributed by atoms with E-state index >= 15 is 0 Å². The standard InChI is InChI=1S/C23H24N2/c1-2-22(19-10-11-23-20(16-19)13-15-25-23)24-14-12-18-8-5-7-17-6-3-4-9-21(17)18/h3-11,13,15-16,22,24-25H,2,12,14H2,1H3/t22-/m1/s1. The molecule has 0 unspecified atom stereocenters. The zero-order chi connectivity index (χ0) is 17.1. The van der Waals surface area contributed by atoms with E-state index in [1.165, 1.54) is 32.8 Å². The molecule has 2 heteroatoms. The molecular formula is C23H24N2. The van der Waals surface area contributed by atoms with Gasteiger partial charge in [-0.15, -0.1) is 0 Å². The Morgan fingerprint density at radius 2 is 1.80 bits per heavy atom. The Balaban J connectivity index is 1.47. The molecule has 0 bridgehead atoms. The summed E-state index contributed by atoms with van der Waals surface area (Å²) in [5.74, 6) is 0. The Morgan fingerprint density at radius 3 is 2.72 bits per heavy atom. The van der Waals surface area contributed by atoms with Crippen molar-refractivity contribution in [2.75, 3.05) is 6.54 Å². The molecule has 0 saturated carbocycles. The molecule has 0 aliphatic heterocycles.